The Kier molecular flexibility index (Phi) is 3.47. The minimum absolute atomic E-state index is 0.0138. The predicted octanol–water partition coefficient (Wildman–Crippen LogP) is 3.00. The van der Waals surface area contributed by atoms with Crippen LogP contribution in [0.5, 0.6) is 0 Å². The molecule has 3 rings (SSSR count). The van der Waals surface area contributed by atoms with E-state index >= 15 is 0 Å². The molecule has 1 aliphatic carbocycles. The zero-order chi connectivity index (χ0) is 15.0. The van der Waals surface area contributed by atoms with Gasteiger partial charge in [0, 0.05) is 17.5 Å². The minimum atomic E-state index is -0.913. The summed E-state index contributed by atoms with van der Waals surface area (Å²) in [6, 6.07) is 6.81. The van der Waals surface area contributed by atoms with E-state index in [-0.39, 0.29) is 11.3 Å². The monoisotopic (exact) mass is 287 g/mol. The number of carbonyl (C=O) groups excluding carboxylic acids is 1. The third-order valence-corrected chi connectivity index (χ3v) is 5.17. The summed E-state index contributed by atoms with van der Waals surface area (Å²) in [5, 5.41) is 9.51. The summed E-state index contributed by atoms with van der Waals surface area (Å²) in [7, 11) is 0. The molecule has 2 aliphatic rings. The van der Waals surface area contributed by atoms with Gasteiger partial charge < -0.3 is 5.11 Å². The SMILES string of the molecule is CCC1(C(=O)N2c3ccccc3CC2C(=O)O)CCCC1. The fraction of sp³-hybridized carbons (Fsp3) is 0.529. The van der Waals surface area contributed by atoms with Gasteiger partial charge in [-0.05, 0) is 30.9 Å². The molecule has 1 heterocycles. The molecule has 0 radical (unpaired) electrons. The molecular formula is C17H21NO3. The highest BCUT2D eigenvalue weighted by atomic mass is 16.4. The number of anilines is 1. The van der Waals surface area contributed by atoms with Gasteiger partial charge in [0.1, 0.15) is 6.04 Å². The molecule has 21 heavy (non-hydrogen) atoms. The molecule has 1 unspecified atom stereocenters. The third-order valence-electron chi connectivity index (χ3n) is 5.17. The Morgan fingerprint density at radius 2 is 1.95 bits per heavy atom. The van der Waals surface area contributed by atoms with E-state index in [2.05, 4.69) is 0 Å². The molecular weight excluding hydrogens is 266 g/mol. The summed E-state index contributed by atoms with van der Waals surface area (Å²) in [5.41, 5.74) is 1.39. The molecule has 0 aromatic heterocycles. The number of para-hydroxylation sites is 1. The highest BCUT2D eigenvalue weighted by Crippen LogP contribution is 2.45. The summed E-state index contributed by atoms with van der Waals surface area (Å²) in [6.07, 6.45) is 5.09. The van der Waals surface area contributed by atoms with Crippen LogP contribution >= 0.6 is 0 Å². The number of carbonyl (C=O) groups is 2. The maximum absolute atomic E-state index is 13.1. The van der Waals surface area contributed by atoms with Crippen molar-refractivity contribution in [3.63, 3.8) is 0 Å². The van der Waals surface area contributed by atoms with Crippen LogP contribution in [-0.2, 0) is 16.0 Å². The maximum atomic E-state index is 13.1. The van der Waals surface area contributed by atoms with Gasteiger partial charge in [-0.2, -0.15) is 0 Å². The molecule has 1 atom stereocenters. The Bertz CT molecular complexity index is 575. The molecule has 0 spiro atoms. The van der Waals surface area contributed by atoms with Gasteiger partial charge in [-0.25, -0.2) is 4.79 Å². The number of hydrogen-bond donors (Lipinski definition) is 1. The van der Waals surface area contributed by atoms with Crippen molar-refractivity contribution in [3.8, 4) is 0 Å². The number of fused-ring (bicyclic) bond motifs is 1. The zero-order valence-electron chi connectivity index (χ0n) is 12.3. The molecule has 1 aliphatic heterocycles. The third kappa shape index (κ3) is 2.13. The number of carboxylic acid groups (broad SMARTS) is 1. The molecule has 4 heteroatoms. The molecule has 1 amide bonds. The average molecular weight is 287 g/mol. The Morgan fingerprint density at radius 1 is 1.29 bits per heavy atom. The lowest BCUT2D eigenvalue weighted by Gasteiger charge is -2.34. The highest BCUT2D eigenvalue weighted by molar-refractivity contribution is 6.04. The Labute approximate surface area is 124 Å². The second-order valence-corrected chi connectivity index (χ2v) is 6.20. The summed E-state index contributed by atoms with van der Waals surface area (Å²) >= 11 is 0. The number of nitrogens with zero attached hydrogens (tertiary/aromatic N) is 1. The van der Waals surface area contributed by atoms with Gasteiger partial charge in [-0.1, -0.05) is 38.0 Å². The van der Waals surface area contributed by atoms with Crippen molar-refractivity contribution in [3.05, 3.63) is 29.8 Å². The summed E-state index contributed by atoms with van der Waals surface area (Å²) in [4.78, 5) is 26.3. The van der Waals surface area contributed by atoms with Gasteiger partial charge in [0.15, 0.2) is 0 Å². The Morgan fingerprint density at radius 3 is 2.57 bits per heavy atom. The van der Waals surface area contributed by atoms with Gasteiger partial charge in [0.05, 0.1) is 0 Å². The van der Waals surface area contributed by atoms with Gasteiger partial charge in [-0.15, -0.1) is 0 Å². The summed E-state index contributed by atoms with van der Waals surface area (Å²) < 4.78 is 0. The first kappa shape index (κ1) is 14.1. The molecule has 1 saturated carbocycles. The molecule has 1 N–H and O–H groups in total. The predicted molar refractivity (Wildman–Crippen MR) is 80.2 cm³/mol. The molecule has 1 aromatic carbocycles. The van der Waals surface area contributed by atoms with Gasteiger partial charge in [0.25, 0.3) is 0 Å². The average Bonchev–Trinajstić information content (AvgIpc) is 3.11. The van der Waals surface area contributed by atoms with E-state index in [1.807, 2.05) is 31.2 Å². The van der Waals surface area contributed by atoms with Crippen LogP contribution in [0.3, 0.4) is 0 Å². The van der Waals surface area contributed by atoms with E-state index in [9.17, 15) is 14.7 Å². The molecule has 0 saturated heterocycles. The number of rotatable bonds is 3. The van der Waals surface area contributed by atoms with Gasteiger partial charge in [-0.3, -0.25) is 9.69 Å². The molecule has 1 fully saturated rings. The first-order valence-electron chi connectivity index (χ1n) is 7.73. The number of carboxylic acids is 1. The van der Waals surface area contributed by atoms with E-state index in [0.717, 1.165) is 43.4 Å². The second-order valence-electron chi connectivity index (χ2n) is 6.20. The van der Waals surface area contributed by atoms with Crippen LogP contribution in [0.1, 0.15) is 44.6 Å². The van der Waals surface area contributed by atoms with Crippen LogP contribution in [0.15, 0.2) is 24.3 Å². The van der Waals surface area contributed by atoms with Crippen molar-refractivity contribution in [2.75, 3.05) is 4.90 Å². The lowest BCUT2D eigenvalue weighted by atomic mass is 9.81. The van der Waals surface area contributed by atoms with Crippen molar-refractivity contribution >= 4 is 17.6 Å². The number of aliphatic carboxylic acids is 1. The van der Waals surface area contributed by atoms with Crippen LogP contribution in [0, 0.1) is 5.41 Å². The normalized spacial score (nSPS) is 23.1. The van der Waals surface area contributed by atoms with Crippen molar-refractivity contribution < 1.29 is 14.7 Å². The van der Waals surface area contributed by atoms with Crippen LogP contribution < -0.4 is 4.90 Å². The molecule has 1 aromatic rings. The molecule has 112 valence electrons. The van der Waals surface area contributed by atoms with Crippen LogP contribution in [0.4, 0.5) is 5.69 Å². The lowest BCUT2D eigenvalue weighted by molar-refractivity contribution is -0.141. The van der Waals surface area contributed by atoms with E-state index in [4.69, 9.17) is 0 Å². The van der Waals surface area contributed by atoms with Crippen molar-refractivity contribution in [2.24, 2.45) is 5.41 Å². The van der Waals surface area contributed by atoms with Gasteiger partial charge in [0.2, 0.25) is 5.91 Å². The maximum Gasteiger partial charge on any atom is 0.327 e. The largest absolute Gasteiger partial charge is 0.480 e. The quantitative estimate of drug-likeness (QED) is 0.929. The fourth-order valence-electron chi connectivity index (χ4n) is 3.86. The fourth-order valence-corrected chi connectivity index (χ4v) is 3.86. The highest BCUT2D eigenvalue weighted by Gasteiger charge is 2.48. The van der Waals surface area contributed by atoms with Crippen molar-refractivity contribution in [1.29, 1.82) is 0 Å². The zero-order valence-corrected chi connectivity index (χ0v) is 12.3. The Balaban J connectivity index is 2.01. The van der Waals surface area contributed by atoms with Crippen LogP contribution in [0.25, 0.3) is 0 Å². The van der Waals surface area contributed by atoms with Crippen molar-refractivity contribution in [2.45, 2.75) is 51.5 Å². The number of benzene rings is 1. The molecule has 0 bridgehead atoms. The topological polar surface area (TPSA) is 57.6 Å². The van der Waals surface area contributed by atoms with E-state index < -0.39 is 12.0 Å². The van der Waals surface area contributed by atoms with Crippen molar-refractivity contribution in [1.82, 2.24) is 0 Å². The Hall–Kier alpha value is -1.84. The van der Waals surface area contributed by atoms with Crippen LogP contribution in [0.2, 0.25) is 0 Å². The summed E-state index contributed by atoms with van der Waals surface area (Å²) in [6.45, 7) is 2.04. The standard InChI is InChI=1S/C17H21NO3/c1-2-17(9-5-6-10-17)16(21)18-13-8-4-3-7-12(13)11-14(18)15(19)20/h3-4,7-8,14H,2,5-6,9-11H2,1H3,(H,19,20). The first-order valence-corrected chi connectivity index (χ1v) is 7.73. The lowest BCUT2D eigenvalue weighted by Crippen LogP contribution is -2.49. The van der Waals surface area contributed by atoms with Gasteiger partial charge >= 0.3 is 5.97 Å². The summed E-state index contributed by atoms with van der Waals surface area (Å²) in [5.74, 6) is -0.899. The number of amides is 1. The second kappa shape index (κ2) is 5.17. The van der Waals surface area contributed by atoms with Crippen LogP contribution in [-0.4, -0.2) is 23.0 Å². The smallest absolute Gasteiger partial charge is 0.327 e. The van der Waals surface area contributed by atoms with E-state index in [1.54, 1.807) is 4.90 Å². The molecule has 4 nitrogen and oxygen atoms in total. The minimum Gasteiger partial charge on any atom is -0.480 e. The van der Waals surface area contributed by atoms with E-state index in [0.29, 0.717) is 6.42 Å². The van der Waals surface area contributed by atoms with E-state index in [1.165, 1.54) is 0 Å². The first-order chi connectivity index (χ1) is 10.1. The number of hydrogen-bond acceptors (Lipinski definition) is 2.